The summed E-state index contributed by atoms with van der Waals surface area (Å²) in [6.07, 6.45) is 4.58. The first-order valence-electron chi connectivity index (χ1n) is 7.69. The maximum Gasteiger partial charge on any atom is 0.0943 e. The van der Waals surface area contributed by atoms with Crippen LogP contribution in [0.15, 0.2) is 30.5 Å². The Balaban J connectivity index is 1.80. The van der Waals surface area contributed by atoms with E-state index in [1.807, 2.05) is 24.4 Å². The van der Waals surface area contributed by atoms with Crippen molar-refractivity contribution < 1.29 is 5.11 Å². The van der Waals surface area contributed by atoms with Gasteiger partial charge >= 0.3 is 0 Å². The molecule has 0 bridgehead atoms. The molecule has 0 aliphatic heterocycles. The van der Waals surface area contributed by atoms with Gasteiger partial charge in [-0.3, -0.25) is 0 Å². The molecule has 3 nitrogen and oxygen atoms in total. The molecule has 5 heteroatoms. The van der Waals surface area contributed by atoms with Crippen LogP contribution in [0.5, 0.6) is 0 Å². The molecule has 2 atom stereocenters. The van der Waals surface area contributed by atoms with Crippen LogP contribution in [0.25, 0.3) is 0 Å². The Kier molecular flexibility index (Phi) is 6.83. The quantitative estimate of drug-likeness (QED) is 0.764. The van der Waals surface area contributed by atoms with Crippen LogP contribution in [-0.4, -0.2) is 22.7 Å². The molecule has 0 aliphatic carbocycles. The highest BCUT2D eigenvalue weighted by molar-refractivity contribution is 7.11. The summed E-state index contributed by atoms with van der Waals surface area (Å²) in [6.45, 7) is 4.81. The number of benzene rings is 1. The fraction of sp³-hybridized carbons (Fsp3) is 0.471. The molecule has 0 saturated heterocycles. The van der Waals surface area contributed by atoms with Crippen LogP contribution in [0.2, 0.25) is 5.02 Å². The molecule has 0 spiro atoms. The minimum absolute atomic E-state index is 0.273. The van der Waals surface area contributed by atoms with Crippen molar-refractivity contribution in [1.82, 2.24) is 10.3 Å². The van der Waals surface area contributed by atoms with Crippen molar-refractivity contribution in [1.29, 1.82) is 0 Å². The summed E-state index contributed by atoms with van der Waals surface area (Å²) >= 11 is 7.74. The third kappa shape index (κ3) is 5.36. The van der Waals surface area contributed by atoms with Gasteiger partial charge in [0.05, 0.1) is 11.1 Å². The van der Waals surface area contributed by atoms with Gasteiger partial charge in [0, 0.05) is 35.1 Å². The van der Waals surface area contributed by atoms with Crippen LogP contribution < -0.4 is 5.32 Å². The highest BCUT2D eigenvalue weighted by atomic mass is 35.5. The summed E-state index contributed by atoms with van der Waals surface area (Å²) in [5.74, 6) is 0. The molecule has 0 aliphatic rings. The fourth-order valence-corrected chi connectivity index (χ4v) is 3.63. The molecule has 0 amide bonds. The van der Waals surface area contributed by atoms with Gasteiger partial charge < -0.3 is 10.4 Å². The first-order valence-corrected chi connectivity index (χ1v) is 8.88. The number of hydrogen-bond donors (Lipinski definition) is 2. The molecular formula is C17H23ClN2OS. The maximum atomic E-state index is 10.2. The predicted molar refractivity (Wildman–Crippen MR) is 93.7 cm³/mol. The second-order valence-corrected chi connectivity index (χ2v) is 7.19. The molecule has 0 saturated carbocycles. The SMILES string of the molecule is CCCc1cnc(CC(C)NCC(O)c2cccc(Cl)c2)s1. The molecule has 0 radical (unpaired) electrons. The Morgan fingerprint density at radius 1 is 1.41 bits per heavy atom. The number of aliphatic hydroxyl groups excluding tert-OH is 1. The second kappa shape index (κ2) is 8.63. The van der Waals surface area contributed by atoms with E-state index in [0.717, 1.165) is 29.8 Å². The molecule has 22 heavy (non-hydrogen) atoms. The number of thiazole rings is 1. The third-order valence-electron chi connectivity index (χ3n) is 3.47. The lowest BCUT2D eigenvalue weighted by atomic mass is 10.1. The summed E-state index contributed by atoms with van der Waals surface area (Å²) < 4.78 is 0. The number of hydrogen-bond acceptors (Lipinski definition) is 4. The molecule has 2 rings (SSSR count). The maximum absolute atomic E-state index is 10.2. The average Bonchev–Trinajstić information content (AvgIpc) is 2.92. The summed E-state index contributed by atoms with van der Waals surface area (Å²) in [7, 11) is 0. The molecule has 1 heterocycles. The van der Waals surface area contributed by atoms with E-state index in [0.29, 0.717) is 11.6 Å². The molecular weight excluding hydrogens is 316 g/mol. The molecule has 2 aromatic rings. The Hall–Kier alpha value is -0.940. The Morgan fingerprint density at radius 2 is 2.23 bits per heavy atom. The number of aliphatic hydroxyl groups is 1. The zero-order chi connectivity index (χ0) is 15.9. The predicted octanol–water partition coefficient (Wildman–Crippen LogP) is 4.00. The smallest absolute Gasteiger partial charge is 0.0943 e. The second-order valence-electron chi connectivity index (χ2n) is 5.55. The highest BCUT2D eigenvalue weighted by Crippen LogP contribution is 2.18. The zero-order valence-electron chi connectivity index (χ0n) is 13.1. The van der Waals surface area contributed by atoms with Gasteiger partial charge in [-0.1, -0.05) is 37.1 Å². The summed E-state index contributed by atoms with van der Waals surface area (Å²) in [5.41, 5.74) is 0.840. The normalized spacial score (nSPS) is 14.0. The first-order chi connectivity index (χ1) is 10.6. The standard InChI is InChI=1S/C17H23ClN2OS/c1-3-5-15-10-20-17(22-15)8-12(2)19-11-16(21)13-6-4-7-14(18)9-13/h4,6-7,9-10,12,16,19,21H,3,5,8,11H2,1-2H3. The highest BCUT2D eigenvalue weighted by Gasteiger charge is 2.11. The molecule has 1 aromatic carbocycles. The molecule has 2 unspecified atom stereocenters. The lowest BCUT2D eigenvalue weighted by Crippen LogP contribution is -2.32. The number of nitrogens with zero attached hydrogens (tertiary/aromatic N) is 1. The van der Waals surface area contributed by atoms with Gasteiger partial charge in [-0.25, -0.2) is 4.98 Å². The minimum atomic E-state index is -0.548. The Morgan fingerprint density at radius 3 is 2.95 bits per heavy atom. The van der Waals surface area contributed by atoms with E-state index in [1.165, 1.54) is 4.88 Å². The Bertz CT molecular complexity index is 588. The Labute approximate surface area is 141 Å². The molecule has 120 valence electrons. The topological polar surface area (TPSA) is 45.2 Å². The van der Waals surface area contributed by atoms with Crippen LogP contribution in [0.1, 0.15) is 41.8 Å². The number of halogens is 1. The fourth-order valence-electron chi connectivity index (χ4n) is 2.28. The van der Waals surface area contributed by atoms with Crippen molar-refractivity contribution in [3.8, 4) is 0 Å². The third-order valence-corrected chi connectivity index (χ3v) is 4.79. The summed E-state index contributed by atoms with van der Waals surface area (Å²) in [6, 6.07) is 7.63. The van der Waals surface area contributed by atoms with E-state index < -0.39 is 6.10 Å². The number of aromatic nitrogens is 1. The van der Waals surface area contributed by atoms with Crippen molar-refractivity contribution in [2.75, 3.05) is 6.54 Å². The van der Waals surface area contributed by atoms with Crippen molar-refractivity contribution in [3.05, 3.63) is 50.9 Å². The lowest BCUT2D eigenvalue weighted by Gasteiger charge is -2.16. The van der Waals surface area contributed by atoms with E-state index in [-0.39, 0.29) is 6.04 Å². The molecule has 0 fully saturated rings. The lowest BCUT2D eigenvalue weighted by molar-refractivity contribution is 0.170. The van der Waals surface area contributed by atoms with Gasteiger partial charge in [0.1, 0.15) is 0 Å². The van der Waals surface area contributed by atoms with Crippen LogP contribution in [0, 0.1) is 0 Å². The van der Waals surface area contributed by atoms with E-state index in [1.54, 1.807) is 17.4 Å². The summed E-state index contributed by atoms with van der Waals surface area (Å²) in [4.78, 5) is 5.82. The minimum Gasteiger partial charge on any atom is -0.387 e. The van der Waals surface area contributed by atoms with Crippen molar-refractivity contribution in [3.63, 3.8) is 0 Å². The van der Waals surface area contributed by atoms with Gasteiger partial charge in [-0.15, -0.1) is 11.3 Å². The molecule has 1 aromatic heterocycles. The monoisotopic (exact) mass is 338 g/mol. The number of aryl methyl sites for hydroxylation is 1. The van der Waals surface area contributed by atoms with Crippen LogP contribution >= 0.6 is 22.9 Å². The van der Waals surface area contributed by atoms with E-state index in [2.05, 4.69) is 24.1 Å². The van der Waals surface area contributed by atoms with Crippen molar-refractivity contribution >= 4 is 22.9 Å². The van der Waals surface area contributed by atoms with Gasteiger partial charge in [0.25, 0.3) is 0 Å². The zero-order valence-corrected chi connectivity index (χ0v) is 14.6. The van der Waals surface area contributed by atoms with E-state index in [4.69, 9.17) is 11.6 Å². The van der Waals surface area contributed by atoms with Crippen LogP contribution in [-0.2, 0) is 12.8 Å². The first kappa shape index (κ1) is 17.4. The van der Waals surface area contributed by atoms with Crippen LogP contribution in [0.3, 0.4) is 0 Å². The summed E-state index contributed by atoms with van der Waals surface area (Å²) in [5, 5.41) is 15.4. The van der Waals surface area contributed by atoms with E-state index >= 15 is 0 Å². The van der Waals surface area contributed by atoms with Crippen LogP contribution in [0.4, 0.5) is 0 Å². The van der Waals surface area contributed by atoms with Gasteiger partial charge in [0.2, 0.25) is 0 Å². The number of nitrogens with one attached hydrogen (secondary N) is 1. The van der Waals surface area contributed by atoms with Gasteiger partial charge in [-0.05, 0) is 31.0 Å². The van der Waals surface area contributed by atoms with E-state index in [9.17, 15) is 5.11 Å². The average molecular weight is 339 g/mol. The van der Waals surface area contributed by atoms with Crippen molar-refractivity contribution in [2.45, 2.75) is 45.3 Å². The molecule has 2 N–H and O–H groups in total. The van der Waals surface area contributed by atoms with Crippen molar-refractivity contribution in [2.24, 2.45) is 0 Å². The van der Waals surface area contributed by atoms with Gasteiger partial charge in [-0.2, -0.15) is 0 Å². The number of rotatable bonds is 8. The largest absolute Gasteiger partial charge is 0.387 e. The van der Waals surface area contributed by atoms with Gasteiger partial charge in [0.15, 0.2) is 0 Å².